The Labute approximate surface area is 114 Å². The summed E-state index contributed by atoms with van der Waals surface area (Å²) in [5.41, 5.74) is 0.454. The molecular formula is C14H24N2O3. The van der Waals surface area contributed by atoms with Crippen molar-refractivity contribution in [2.75, 3.05) is 26.7 Å². The maximum absolute atomic E-state index is 12.2. The van der Waals surface area contributed by atoms with Crippen LogP contribution in [-0.2, 0) is 9.59 Å². The highest BCUT2D eigenvalue weighted by atomic mass is 16.4. The Morgan fingerprint density at radius 2 is 1.74 bits per heavy atom. The molecule has 0 aromatic rings. The molecule has 0 bridgehead atoms. The molecule has 19 heavy (non-hydrogen) atoms. The average molecular weight is 268 g/mol. The Kier molecular flexibility index (Phi) is 5.54. The minimum Gasteiger partial charge on any atom is -0.478 e. The fourth-order valence-corrected chi connectivity index (χ4v) is 2.37. The molecule has 1 aliphatic heterocycles. The summed E-state index contributed by atoms with van der Waals surface area (Å²) >= 11 is 0. The second kappa shape index (κ2) is 6.70. The summed E-state index contributed by atoms with van der Waals surface area (Å²) < 4.78 is 0. The van der Waals surface area contributed by atoms with Crippen molar-refractivity contribution < 1.29 is 14.7 Å². The number of carbonyl (C=O) groups excluding carboxylic acids is 1. The molecule has 0 aromatic heterocycles. The zero-order valence-electron chi connectivity index (χ0n) is 12.3. The van der Waals surface area contributed by atoms with Gasteiger partial charge in [-0.2, -0.15) is 0 Å². The molecule has 5 nitrogen and oxygen atoms in total. The molecule has 0 unspecified atom stereocenters. The number of amides is 1. The quantitative estimate of drug-likeness (QED) is 0.782. The number of carboxylic acid groups (broad SMARTS) is 1. The van der Waals surface area contributed by atoms with Gasteiger partial charge in [-0.25, -0.2) is 4.79 Å². The standard InChI is InChI=1S/C14H24N2O3/c1-5-16-8-6-12(7-9-16)15(4)13(17)10(2)11(3)14(18)19/h12H,5-9H2,1-4H3,(H,18,19)/b11-10-. The van der Waals surface area contributed by atoms with Crippen molar-refractivity contribution in [3.05, 3.63) is 11.1 Å². The van der Waals surface area contributed by atoms with Crippen LogP contribution < -0.4 is 0 Å². The first kappa shape index (κ1) is 15.7. The van der Waals surface area contributed by atoms with Gasteiger partial charge in [-0.05, 0) is 33.2 Å². The van der Waals surface area contributed by atoms with Crippen molar-refractivity contribution in [1.82, 2.24) is 9.80 Å². The summed E-state index contributed by atoms with van der Waals surface area (Å²) in [6.07, 6.45) is 1.91. The van der Waals surface area contributed by atoms with Crippen LogP contribution >= 0.6 is 0 Å². The molecule has 0 aliphatic carbocycles. The number of likely N-dealkylation sites (N-methyl/N-ethyl adjacent to an activating group) is 1. The van der Waals surface area contributed by atoms with Gasteiger partial charge in [0.2, 0.25) is 5.91 Å². The normalized spacial score (nSPS) is 18.9. The summed E-state index contributed by atoms with van der Waals surface area (Å²) in [7, 11) is 1.77. The molecule has 0 atom stereocenters. The molecule has 1 heterocycles. The average Bonchev–Trinajstić information content (AvgIpc) is 2.44. The lowest BCUT2D eigenvalue weighted by Gasteiger charge is -2.36. The van der Waals surface area contributed by atoms with Gasteiger partial charge >= 0.3 is 5.97 Å². The second-order valence-corrected chi connectivity index (χ2v) is 5.14. The smallest absolute Gasteiger partial charge is 0.331 e. The van der Waals surface area contributed by atoms with Crippen LogP contribution in [0.3, 0.4) is 0 Å². The summed E-state index contributed by atoms with van der Waals surface area (Å²) in [5, 5.41) is 8.92. The van der Waals surface area contributed by atoms with Crippen molar-refractivity contribution in [2.24, 2.45) is 0 Å². The molecule has 0 aromatic carbocycles. The third kappa shape index (κ3) is 3.80. The number of hydrogen-bond donors (Lipinski definition) is 1. The van der Waals surface area contributed by atoms with E-state index in [4.69, 9.17) is 5.11 Å². The first-order valence-electron chi connectivity index (χ1n) is 6.78. The molecule has 1 amide bonds. The van der Waals surface area contributed by atoms with Crippen LogP contribution in [0.25, 0.3) is 0 Å². The van der Waals surface area contributed by atoms with E-state index in [2.05, 4.69) is 11.8 Å². The first-order chi connectivity index (χ1) is 8.88. The maximum Gasteiger partial charge on any atom is 0.331 e. The number of rotatable bonds is 4. The Balaban J connectivity index is 2.68. The molecule has 1 N–H and O–H groups in total. The third-order valence-corrected chi connectivity index (χ3v) is 4.08. The van der Waals surface area contributed by atoms with Crippen LogP contribution in [0.5, 0.6) is 0 Å². The van der Waals surface area contributed by atoms with E-state index in [1.165, 1.54) is 6.92 Å². The van der Waals surface area contributed by atoms with Crippen molar-refractivity contribution >= 4 is 11.9 Å². The first-order valence-corrected chi connectivity index (χ1v) is 6.78. The highest BCUT2D eigenvalue weighted by molar-refractivity contribution is 6.01. The van der Waals surface area contributed by atoms with Crippen LogP contribution in [0, 0.1) is 0 Å². The van der Waals surface area contributed by atoms with Gasteiger partial charge in [0.05, 0.1) is 0 Å². The maximum atomic E-state index is 12.2. The van der Waals surface area contributed by atoms with Crippen LogP contribution in [0.4, 0.5) is 0 Å². The van der Waals surface area contributed by atoms with E-state index in [-0.39, 0.29) is 17.5 Å². The zero-order chi connectivity index (χ0) is 14.6. The molecule has 0 radical (unpaired) electrons. The molecule has 1 saturated heterocycles. The highest BCUT2D eigenvalue weighted by Gasteiger charge is 2.26. The van der Waals surface area contributed by atoms with Crippen LogP contribution in [-0.4, -0.2) is 59.5 Å². The van der Waals surface area contributed by atoms with Crippen molar-refractivity contribution in [3.63, 3.8) is 0 Å². The lowest BCUT2D eigenvalue weighted by Crippen LogP contribution is -2.45. The van der Waals surface area contributed by atoms with Gasteiger partial charge < -0.3 is 14.9 Å². The summed E-state index contributed by atoms with van der Waals surface area (Å²) in [6, 6.07) is 0.215. The molecule has 1 fully saturated rings. The van der Waals surface area contributed by atoms with E-state index in [0.29, 0.717) is 5.57 Å². The molecule has 5 heteroatoms. The molecule has 1 rings (SSSR count). The van der Waals surface area contributed by atoms with Gasteiger partial charge in [0, 0.05) is 37.3 Å². The van der Waals surface area contributed by atoms with Gasteiger partial charge in [0.1, 0.15) is 0 Å². The number of carbonyl (C=O) groups is 2. The fourth-order valence-electron chi connectivity index (χ4n) is 2.37. The number of likely N-dealkylation sites (tertiary alicyclic amines) is 1. The van der Waals surface area contributed by atoms with E-state index in [9.17, 15) is 9.59 Å². The van der Waals surface area contributed by atoms with Crippen molar-refractivity contribution in [2.45, 2.75) is 39.7 Å². The van der Waals surface area contributed by atoms with E-state index in [0.717, 1.165) is 32.5 Å². The van der Waals surface area contributed by atoms with E-state index < -0.39 is 5.97 Å². The highest BCUT2D eigenvalue weighted by Crippen LogP contribution is 2.18. The predicted octanol–water partition coefficient (Wildman–Crippen LogP) is 1.35. The number of nitrogens with zero attached hydrogens (tertiary/aromatic N) is 2. The Morgan fingerprint density at radius 3 is 2.16 bits per heavy atom. The lowest BCUT2D eigenvalue weighted by molar-refractivity contribution is -0.134. The number of hydrogen-bond acceptors (Lipinski definition) is 3. The third-order valence-electron chi connectivity index (χ3n) is 4.08. The Morgan fingerprint density at radius 1 is 1.21 bits per heavy atom. The van der Waals surface area contributed by atoms with Gasteiger partial charge in [-0.3, -0.25) is 4.79 Å². The van der Waals surface area contributed by atoms with Gasteiger partial charge in [0.15, 0.2) is 0 Å². The van der Waals surface area contributed by atoms with Gasteiger partial charge in [0.25, 0.3) is 0 Å². The predicted molar refractivity (Wildman–Crippen MR) is 73.9 cm³/mol. The monoisotopic (exact) mass is 268 g/mol. The van der Waals surface area contributed by atoms with Gasteiger partial charge in [-0.15, -0.1) is 0 Å². The minimum absolute atomic E-state index is 0.128. The number of aliphatic carboxylic acids is 1. The number of carboxylic acids is 1. The molecule has 1 aliphatic rings. The second-order valence-electron chi connectivity index (χ2n) is 5.14. The molecule has 0 saturated carbocycles. The molecule has 0 spiro atoms. The fraction of sp³-hybridized carbons (Fsp3) is 0.714. The molecular weight excluding hydrogens is 244 g/mol. The van der Waals surface area contributed by atoms with Crippen LogP contribution in [0.15, 0.2) is 11.1 Å². The SMILES string of the molecule is CCN1CCC(N(C)C(=O)/C(C)=C(/C)C(=O)O)CC1. The largest absolute Gasteiger partial charge is 0.478 e. The summed E-state index contributed by atoms with van der Waals surface area (Å²) in [5.74, 6) is -1.20. The summed E-state index contributed by atoms with van der Waals surface area (Å²) in [4.78, 5) is 27.2. The van der Waals surface area contributed by atoms with E-state index in [1.807, 2.05) is 0 Å². The van der Waals surface area contributed by atoms with Crippen molar-refractivity contribution in [3.8, 4) is 0 Å². The zero-order valence-corrected chi connectivity index (χ0v) is 12.3. The lowest BCUT2D eigenvalue weighted by atomic mass is 10.0. The summed E-state index contributed by atoms with van der Waals surface area (Å²) in [6.45, 7) is 8.24. The van der Waals surface area contributed by atoms with Crippen LogP contribution in [0.1, 0.15) is 33.6 Å². The van der Waals surface area contributed by atoms with Crippen LogP contribution in [0.2, 0.25) is 0 Å². The minimum atomic E-state index is -1.03. The van der Waals surface area contributed by atoms with Crippen molar-refractivity contribution in [1.29, 1.82) is 0 Å². The number of piperidine rings is 1. The van der Waals surface area contributed by atoms with Gasteiger partial charge in [-0.1, -0.05) is 6.92 Å². The molecule has 108 valence electrons. The van der Waals surface area contributed by atoms with E-state index in [1.54, 1.807) is 18.9 Å². The topological polar surface area (TPSA) is 60.9 Å². The Hall–Kier alpha value is -1.36. The van der Waals surface area contributed by atoms with E-state index >= 15 is 0 Å². The Bertz CT molecular complexity index is 382.